The second kappa shape index (κ2) is 7.47. The van der Waals surface area contributed by atoms with Crippen molar-refractivity contribution >= 4 is 17.5 Å². The normalized spacial score (nSPS) is 17.0. The number of nitrogens with zero attached hydrogens (tertiary/aromatic N) is 3. The molecule has 0 N–H and O–H groups in total. The zero-order valence-corrected chi connectivity index (χ0v) is 14.7. The van der Waals surface area contributed by atoms with Gasteiger partial charge in [0, 0.05) is 38.1 Å². The number of hydrogen-bond acceptors (Lipinski definition) is 3. The topological polar surface area (TPSA) is 53.5 Å². The minimum Gasteiger partial charge on any atom is -0.344 e. The summed E-state index contributed by atoms with van der Waals surface area (Å²) in [5.41, 5.74) is 3.08. The van der Waals surface area contributed by atoms with Crippen molar-refractivity contribution in [1.29, 1.82) is 0 Å². The molecule has 1 atom stereocenters. The number of carbonyl (C=O) groups excluding carboxylic acids is 2. The van der Waals surface area contributed by atoms with E-state index in [-0.39, 0.29) is 11.8 Å². The van der Waals surface area contributed by atoms with E-state index in [0.717, 1.165) is 23.2 Å². The molecule has 0 aliphatic carbocycles. The van der Waals surface area contributed by atoms with Gasteiger partial charge in [-0.3, -0.25) is 19.5 Å². The molecule has 1 saturated heterocycles. The molecule has 2 aromatic rings. The summed E-state index contributed by atoms with van der Waals surface area (Å²) in [6, 6.07) is 11.3. The van der Waals surface area contributed by atoms with Crippen LogP contribution in [-0.2, 0) is 16.0 Å². The largest absolute Gasteiger partial charge is 0.344 e. The zero-order chi connectivity index (χ0) is 17.8. The summed E-state index contributed by atoms with van der Waals surface area (Å²) in [6.07, 6.45) is 5.28. The van der Waals surface area contributed by atoms with Crippen molar-refractivity contribution in [3.05, 3.63) is 59.9 Å². The van der Waals surface area contributed by atoms with E-state index in [4.69, 9.17) is 0 Å². The van der Waals surface area contributed by atoms with Crippen LogP contribution in [0.5, 0.6) is 0 Å². The fourth-order valence-electron chi connectivity index (χ4n) is 3.16. The van der Waals surface area contributed by atoms with Crippen LogP contribution >= 0.6 is 0 Å². The van der Waals surface area contributed by atoms with Gasteiger partial charge in [-0.25, -0.2) is 0 Å². The van der Waals surface area contributed by atoms with Gasteiger partial charge in [0.2, 0.25) is 11.8 Å². The molecule has 1 aromatic heterocycles. The quantitative estimate of drug-likeness (QED) is 0.843. The number of carbonyl (C=O) groups is 2. The first-order valence-electron chi connectivity index (χ1n) is 8.59. The fraction of sp³-hybridized carbons (Fsp3) is 0.350. The minimum atomic E-state index is -0.405. The Morgan fingerprint density at radius 1 is 1.20 bits per heavy atom. The van der Waals surface area contributed by atoms with Crippen molar-refractivity contribution in [2.45, 2.75) is 32.2 Å². The molecule has 1 fully saturated rings. The van der Waals surface area contributed by atoms with E-state index in [0.29, 0.717) is 19.4 Å². The maximum atomic E-state index is 12.9. The van der Waals surface area contributed by atoms with Crippen LogP contribution in [0.3, 0.4) is 0 Å². The zero-order valence-electron chi connectivity index (χ0n) is 14.7. The van der Waals surface area contributed by atoms with Gasteiger partial charge in [-0.1, -0.05) is 17.7 Å². The lowest BCUT2D eigenvalue weighted by Gasteiger charge is -2.28. The highest BCUT2D eigenvalue weighted by molar-refractivity contribution is 6.03. The average molecular weight is 337 g/mol. The highest BCUT2D eigenvalue weighted by Gasteiger charge is 2.38. The van der Waals surface area contributed by atoms with Crippen molar-refractivity contribution in [1.82, 2.24) is 9.88 Å². The Balaban J connectivity index is 1.69. The molecule has 0 saturated carbocycles. The molecule has 1 unspecified atom stereocenters. The van der Waals surface area contributed by atoms with Crippen molar-refractivity contribution in [3.63, 3.8) is 0 Å². The number of aromatic nitrogens is 1. The van der Waals surface area contributed by atoms with Gasteiger partial charge < -0.3 is 4.90 Å². The van der Waals surface area contributed by atoms with Gasteiger partial charge in [0.05, 0.1) is 0 Å². The number of likely N-dealkylation sites (N-methyl/N-ethyl adjacent to an activating group) is 1. The number of amides is 2. The molecular weight excluding hydrogens is 314 g/mol. The Morgan fingerprint density at radius 2 is 1.88 bits per heavy atom. The summed E-state index contributed by atoms with van der Waals surface area (Å²) in [4.78, 5) is 32.6. The molecule has 1 aromatic carbocycles. The molecule has 0 spiro atoms. The van der Waals surface area contributed by atoms with E-state index in [1.807, 2.05) is 43.3 Å². The second-order valence-corrected chi connectivity index (χ2v) is 6.52. The van der Waals surface area contributed by atoms with Crippen LogP contribution in [0.4, 0.5) is 5.69 Å². The Labute approximate surface area is 148 Å². The number of anilines is 1. The standard InChI is InChI=1S/C20H23N3O2/c1-15-3-5-17(6-4-15)23-18(7-8-19(23)24)20(25)22(2)14-11-16-9-12-21-13-10-16/h3-6,9-10,12-13,18H,7-8,11,14H2,1-2H3. The van der Waals surface area contributed by atoms with Crippen LogP contribution in [-0.4, -0.2) is 41.3 Å². The molecule has 25 heavy (non-hydrogen) atoms. The van der Waals surface area contributed by atoms with Crippen molar-refractivity contribution < 1.29 is 9.59 Å². The van der Waals surface area contributed by atoms with E-state index in [9.17, 15) is 9.59 Å². The summed E-state index contributed by atoms with van der Waals surface area (Å²) < 4.78 is 0. The predicted octanol–water partition coefficient (Wildman–Crippen LogP) is 2.59. The lowest BCUT2D eigenvalue weighted by Crippen LogP contribution is -2.46. The van der Waals surface area contributed by atoms with Crippen LogP contribution in [0.25, 0.3) is 0 Å². The third-order valence-corrected chi connectivity index (χ3v) is 4.67. The fourth-order valence-corrected chi connectivity index (χ4v) is 3.16. The lowest BCUT2D eigenvalue weighted by atomic mass is 10.1. The maximum Gasteiger partial charge on any atom is 0.245 e. The van der Waals surface area contributed by atoms with Gasteiger partial charge in [0.1, 0.15) is 6.04 Å². The van der Waals surface area contributed by atoms with E-state index in [1.54, 1.807) is 29.2 Å². The first-order chi connectivity index (χ1) is 12.1. The van der Waals surface area contributed by atoms with Gasteiger partial charge in [0.25, 0.3) is 0 Å². The number of hydrogen-bond donors (Lipinski definition) is 0. The van der Waals surface area contributed by atoms with Crippen molar-refractivity contribution in [3.8, 4) is 0 Å². The molecule has 5 heteroatoms. The summed E-state index contributed by atoms with van der Waals surface area (Å²) in [5.74, 6) is 0.0187. The van der Waals surface area contributed by atoms with Gasteiger partial charge in [0.15, 0.2) is 0 Å². The average Bonchev–Trinajstić information content (AvgIpc) is 3.02. The second-order valence-electron chi connectivity index (χ2n) is 6.52. The third kappa shape index (κ3) is 3.87. The minimum absolute atomic E-state index is 0.000445. The molecule has 3 rings (SSSR count). The molecule has 0 bridgehead atoms. The molecule has 2 amide bonds. The van der Waals surface area contributed by atoms with Crippen molar-refractivity contribution in [2.75, 3.05) is 18.5 Å². The summed E-state index contributed by atoms with van der Waals surface area (Å²) in [5, 5.41) is 0. The van der Waals surface area contributed by atoms with Crippen molar-refractivity contribution in [2.24, 2.45) is 0 Å². The number of aryl methyl sites for hydroxylation is 1. The highest BCUT2D eigenvalue weighted by atomic mass is 16.2. The van der Waals surface area contributed by atoms with Gasteiger partial charge >= 0.3 is 0 Å². The molecule has 1 aliphatic heterocycles. The third-order valence-electron chi connectivity index (χ3n) is 4.67. The van der Waals surface area contributed by atoms with Crippen LogP contribution in [0.15, 0.2) is 48.8 Å². The Bertz CT molecular complexity index is 743. The maximum absolute atomic E-state index is 12.9. The lowest BCUT2D eigenvalue weighted by molar-refractivity contribution is -0.131. The summed E-state index contributed by atoms with van der Waals surface area (Å²) in [6.45, 7) is 2.63. The predicted molar refractivity (Wildman–Crippen MR) is 97.3 cm³/mol. The molecule has 1 aliphatic rings. The monoisotopic (exact) mass is 337 g/mol. The van der Waals surface area contributed by atoms with E-state index in [2.05, 4.69) is 4.98 Å². The molecule has 2 heterocycles. The number of pyridine rings is 1. The van der Waals surface area contributed by atoms with Gasteiger partial charge in [-0.15, -0.1) is 0 Å². The SMILES string of the molecule is Cc1ccc(N2C(=O)CCC2C(=O)N(C)CCc2ccncc2)cc1. The molecule has 0 radical (unpaired) electrons. The van der Waals surface area contributed by atoms with Crippen LogP contribution in [0.2, 0.25) is 0 Å². The van der Waals surface area contributed by atoms with E-state index in [1.165, 1.54) is 0 Å². The van der Waals surface area contributed by atoms with E-state index >= 15 is 0 Å². The van der Waals surface area contributed by atoms with Crippen LogP contribution in [0, 0.1) is 6.92 Å². The Kier molecular flexibility index (Phi) is 5.12. The summed E-state index contributed by atoms with van der Waals surface area (Å²) in [7, 11) is 1.81. The Hall–Kier alpha value is -2.69. The number of benzene rings is 1. The first-order valence-corrected chi connectivity index (χ1v) is 8.59. The van der Waals surface area contributed by atoms with E-state index < -0.39 is 6.04 Å². The van der Waals surface area contributed by atoms with Crippen LogP contribution < -0.4 is 4.90 Å². The molecule has 130 valence electrons. The van der Waals surface area contributed by atoms with Gasteiger partial charge in [-0.05, 0) is 49.6 Å². The highest BCUT2D eigenvalue weighted by Crippen LogP contribution is 2.28. The van der Waals surface area contributed by atoms with Crippen LogP contribution in [0.1, 0.15) is 24.0 Å². The molecular formula is C20H23N3O2. The first kappa shape index (κ1) is 17.1. The summed E-state index contributed by atoms with van der Waals surface area (Å²) >= 11 is 0. The van der Waals surface area contributed by atoms with Gasteiger partial charge in [-0.2, -0.15) is 0 Å². The molecule has 5 nitrogen and oxygen atoms in total. The smallest absolute Gasteiger partial charge is 0.245 e. The Morgan fingerprint density at radius 3 is 2.56 bits per heavy atom. The number of rotatable bonds is 5.